The summed E-state index contributed by atoms with van der Waals surface area (Å²) in [6.07, 6.45) is 5.10. The SMILES string of the molecule is O=C1C[C@@H]([NH+]2CCC(C3CC[NH+]([C@H]4CC(=O)NC4=O)CC3)CC2)C(=O)N1. The first-order valence-corrected chi connectivity index (χ1v) is 9.88. The van der Waals surface area contributed by atoms with E-state index in [0.29, 0.717) is 24.7 Å². The van der Waals surface area contributed by atoms with Crippen LogP contribution in [-0.2, 0) is 19.2 Å². The number of nitrogens with one attached hydrogen (secondary N) is 4. The summed E-state index contributed by atoms with van der Waals surface area (Å²) < 4.78 is 0. The lowest BCUT2D eigenvalue weighted by molar-refractivity contribution is -0.924. The van der Waals surface area contributed by atoms with Crippen LogP contribution in [0.25, 0.3) is 0 Å². The molecule has 0 bridgehead atoms. The number of rotatable bonds is 3. The third-order valence-corrected chi connectivity index (χ3v) is 6.93. The number of amides is 4. The molecular weight excluding hydrogens is 336 g/mol. The van der Waals surface area contributed by atoms with Crippen molar-refractivity contribution in [1.29, 1.82) is 0 Å². The third kappa shape index (κ3) is 3.40. The van der Waals surface area contributed by atoms with Gasteiger partial charge in [0.1, 0.15) is 0 Å². The second-order valence-electron chi connectivity index (χ2n) is 8.33. The zero-order chi connectivity index (χ0) is 18.3. The maximum Gasteiger partial charge on any atom is 0.285 e. The first-order chi connectivity index (χ1) is 12.5. The fourth-order valence-electron chi connectivity index (χ4n) is 5.43. The summed E-state index contributed by atoms with van der Waals surface area (Å²) in [4.78, 5) is 49.1. The zero-order valence-electron chi connectivity index (χ0n) is 15.0. The van der Waals surface area contributed by atoms with Crippen LogP contribution in [0.15, 0.2) is 0 Å². The number of imide groups is 2. The molecule has 0 aromatic rings. The molecule has 0 aromatic carbocycles. The lowest BCUT2D eigenvalue weighted by Crippen LogP contribution is -3.18. The Bertz CT molecular complexity index is 567. The van der Waals surface area contributed by atoms with E-state index < -0.39 is 0 Å². The average Bonchev–Trinajstić information content (AvgIpc) is 3.15. The number of hydrogen-bond acceptors (Lipinski definition) is 4. The first-order valence-electron chi connectivity index (χ1n) is 9.88. The van der Waals surface area contributed by atoms with E-state index in [1.54, 1.807) is 0 Å². The highest BCUT2D eigenvalue weighted by Gasteiger charge is 2.44. The van der Waals surface area contributed by atoms with E-state index in [0.717, 1.165) is 51.9 Å². The summed E-state index contributed by atoms with van der Waals surface area (Å²) in [6.45, 7) is 3.84. The van der Waals surface area contributed by atoms with E-state index in [1.807, 2.05) is 0 Å². The Kier molecular flexibility index (Phi) is 4.79. The zero-order valence-corrected chi connectivity index (χ0v) is 15.0. The van der Waals surface area contributed by atoms with Crippen LogP contribution in [0.5, 0.6) is 0 Å². The molecule has 4 aliphatic rings. The standard InChI is InChI=1S/C18H26N4O4/c23-15-9-13(17(25)19-15)21-5-1-11(2-6-21)12-3-7-22(8-4-12)14-10-16(24)20-18(14)26/h11-14H,1-10H2,(H,19,23,25)(H,20,24,26)/p+2/t13-,14+. The van der Waals surface area contributed by atoms with Crippen molar-refractivity contribution in [2.24, 2.45) is 11.8 Å². The van der Waals surface area contributed by atoms with Crippen LogP contribution in [0.3, 0.4) is 0 Å². The fraction of sp³-hybridized carbons (Fsp3) is 0.778. The molecule has 4 rings (SSSR count). The number of quaternary nitrogens is 2. The quantitative estimate of drug-likeness (QED) is 0.389. The van der Waals surface area contributed by atoms with Crippen molar-refractivity contribution in [2.45, 2.75) is 50.6 Å². The molecular formula is C18H28N4O4+2. The highest BCUT2D eigenvalue weighted by Crippen LogP contribution is 2.27. The van der Waals surface area contributed by atoms with Gasteiger partial charge in [-0.05, 0) is 37.5 Å². The van der Waals surface area contributed by atoms with Crippen LogP contribution < -0.4 is 20.4 Å². The van der Waals surface area contributed by atoms with Crippen LogP contribution >= 0.6 is 0 Å². The molecule has 0 saturated carbocycles. The van der Waals surface area contributed by atoms with Crippen LogP contribution in [0.4, 0.5) is 0 Å². The largest absolute Gasteiger partial charge is 0.324 e. The van der Waals surface area contributed by atoms with Gasteiger partial charge in [-0.2, -0.15) is 0 Å². The van der Waals surface area contributed by atoms with Crippen molar-refractivity contribution in [3.8, 4) is 0 Å². The molecule has 4 N–H and O–H groups in total. The number of hydrogen-bond donors (Lipinski definition) is 4. The van der Waals surface area contributed by atoms with E-state index >= 15 is 0 Å². The Balaban J connectivity index is 1.25. The maximum absolute atomic E-state index is 11.9. The van der Waals surface area contributed by atoms with Crippen molar-refractivity contribution in [3.05, 3.63) is 0 Å². The van der Waals surface area contributed by atoms with Gasteiger partial charge in [0, 0.05) is 0 Å². The highest BCUT2D eigenvalue weighted by molar-refractivity contribution is 6.05. The summed E-state index contributed by atoms with van der Waals surface area (Å²) >= 11 is 0. The molecule has 4 saturated heterocycles. The lowest BCUT2D eigenvalue weighted by atomic mass is 9.78. The average molecular weight is 364 g/mol. The summed E-state index contributed by atoms with van der Waals surface area (Å²) in [7, 11) is 0. The fourth-order valence-corrected chi connectivity index (χ4v) is 5.43. The topological polar surface area (TPSA) is 101 Å². The van der Waals surface area contributed by atoms with E-state index in [4.69, 9.17) is 0 Å². The second-order valence-corrected chi connectivity index (χ2v) is 8.33. The van der Waals surface area contributed by atoms with Crippen LogP contribution in [0.2, 0.25) is 0 Å². The van der Waals surface area contributed by atoms with Crippen LogP contribution in [0.1, 0.15) is 38.5 Å². The minimum atomic E-state index is -0.187. The van der Waals surface area contributed by atoms with Gasteiger partial charge < -0.3 is 9.80 Å². The van der Waals surface area contributed by atoms with Crippen molar-refractivity contribution >= 4 is 23.6 Å². The smallest absolute Gasteiger partial charge is 0.285 e. The summed E-state index contributed by atoms with van der Waals surface area (Å²) in [5.74, 6) is 0.868. The van der Waals surface area contributed by atoms with Gasteiger partial charge in [-0.25, -0.2) is 0 Å². The van der Waals surface area contributed by atoms with Gasteiger partial charge in [-0.3, -0.25) is 29.8 Å². The van der Waals surface area contributed by atoms with E-state index in [9.17, 15) is 19.2 Å². The molecule has 142 valence electrons. The third-order valence-electron chi connectivity index (χ3n) is 6.93. The summed E-state index contributed by atoms with van der Waals surface area (Å²) in [6, 6.07) is -0.374. The van der Waals surface area contributed by atoms with Gasteiger partial charge in [0.2, 0.25) is 11.8 Å². The Hall–Kier alpha value is -1.80. The van der Waals surface area contributed by atoms with E-state index in [2.05, 4.69) is 10.6 Å². The van der Waals surface area contributed by atoms with Crippen LogP contribution in [-0.4, -0.2) is 61.9 Å². The number of likely N-dealkylation sites (tertiary alicyclic amines) is 2. The number of piperidine rings is 2. The van der Waals surface area contributed by atoms with E-state index in [1.165, 1.54) is 9.80 Å². The molecule has 0 unspecified atom stereocenters. The summed E-state index contributed by atoms with van der Waals surface area (Å²) in [5, 5.41) is 4.84. The molecule has 4 fully saturated rings. The molecule has 0 aliphatic carbocycles. The molecule has 0 radical (unpaired) electrons. The van der Waals surface area contributed by atoms with Gasteiger partial charge in [0.05, 0.1) is 39.0 Å². The van der Waals surface area contributed by atoms with Crippen LogP contribution in [0, 0.1) is 11.8 Å². The molecule has 8 heteroatoms. The monoisotopic (exact) mass is 364 g/mol. The maximum atomic E-state index is 11.9. The van der Waals surface area contributed by atoms with E-state index in [-0.39, 0.29) is 35.7 Å². The number of carbonyl (C=O) groups excluding carboxylic acids is 4. The molecule has 4 heterocycles. The van der Waals surface area contributed by atoms with Gasteiger partial charge in [-0.1, -0.05) is 0 Å². The Morgan fingerprint density at radius 2 is 0.962 bits per heavy atom. The first kappa shape index (κ1) is 17.6. The predicted octanol–water partition coefficient (Wildman–Crippen LogP) is -3.59. The molecule has 0 aromatic heterocycles. The van der Waals surface area contributed by atoms with Gasteiger partial charge in [0.25, 0.3) is 11.8 Å². The molecule has 2 atom stereocenters. The number of carbonyl (C=O) groups is 4. The van der Waals surface area contributed by atoms with Crippen molar-refractivity contribution in [1.82, 2.24) is 10.6 Å². The second kappa shape index (κ2) is 7.08. The Morgan fingerprint density at radius 3 is 1.23 bits per heavy atom. The van der Waals surface area contributed by atoms with Crippen molar-refractivity contribution in [3.63, 3.8) is 0 Å². The minimum absolute atomic E-state index is 0.107. The van der Waals surface area contributed by atoms with Gasteiger partial charge in [0.15, 0.2) is 12.1 Å². The molecule has 8 nitrogen and oxygen atoms in total. The Labute approximate surface area is 152 Å². The lowest BCUT2D eigenvalue weighted by Gasteiger charge is -2.39. The Morgan fingerprint density at radius 1 is 0.615 bits per heavy atom. The summed E-state index contributed by atoms with van der Waals surface area (Å²) in [5.41, 5.74) is 0. The molecule has 0 spiro atoms. The van der Waals surface area contributed by atoms with Crippen molar-refractivity contribution < 1.29 is 29.0 Å². The minimum Gasteiger partial charge on any atom is -0.324 e. The predicted molar refractivity (Wildman–Crippen MR) is 90.0 cm³/mol. The highest BCUT2D eigenvalue weighted by atomic mass is 16.2. The van der Waals surface area contributed by atoms with Gasteiger partial charge >= 0.3 is 0 Å². The molecule has 4 amide bonds. The molecule has 4 aliphatic heterocycles. The normalized spacial score (nSPS) is 41.2. The van der Waals surface area contributed by atoms with Gasteiger partial charge in [-0.15, -0.1) is 0 Å². The molecule has 26 heavy (non-hydrogen) atoms. The van der Waals surface area contributed by atoms with Crippen molar-refractivity contribution in [2.75, 3.05) is 26.2 Å².